The largest absolute Gasteiger partial charge is 0.377 e. The molecule has 1 fully saturated rings. The molecule has 0 unspecified atom stereocenters. The molecule has 2 heterocycles. The standard InChI is InChI=1S/C14H25N5O2/c1-11(2)21-9-6-17-14(20)19-8-7-18(3)12(10-19)13-15-4-5-16-13/h4-5,11-12H,6-10H2,1-3H3,(H,15,16)(H,17,20)/t12-/m0/s1. The second kappa shape index (κ2) is 7.42. The molecule has 118 valence electrons. The number of H-pyrrole nitrogens is 1. The van der Waals surface area contributed by atoms with Gasteiger partial charge in [-0.05, 0) is 20.9 Å². The molecule has 0 spiro atoms. The molecule has 1 aromatic rings. The first-order chi connectivity index (χ1) is 10.1. The Labute approximate surface area is 125 Å². The van der Waals surface area contributed by atoms with E-state index in [9.17, 15) is 4.79 Å². The van der Waals surface area contributed by atoms with Crippen LogP contribution in [0.15, 0.2) is 12.4 Å². The second-order valence-corrected chi connectivity index (χ2v) is 5.57. The Bertz CT molecular complexity index is 435. The topological polar surface area (TPSA) is 73.5 Å². The summed E-state index contributed by atoms with van der Waals surface area (Å²) in [5, 5.41) is 2.90. The highest BCUT2D eigenvalue weighted by Gasteiger charge is 2.29. The number of aromatic amines is 1. The first-order valence-electron chi connectivity index (χ1n) is 7.42. The highest BCUT2D eigenvalue weighted by molar-refractivity contribution is 5.74. The van der Waals surface area contributed by atoms with Crippen LogP contribution in [0.3, 0.4) is 0 Å². The average Bonchev–Trinajstić information content (AvgIpc) is 2.97. The number of carbonyl (C=O) groups excluding carboxylic acids is 1. The molecular weight excluding hydrogens is 270 g/mol. The van der Waals surface area contributed by atoms with Gasteiger partial charge in [0, 0.05) is 38.6 Å². The van der Waals surface area contributed by atoms with Gasteiger partial charge in [0.15, 0.2) is 0 Å². The summed E-state index contributed by atoms with van der Waals surface area (Å²) in [6, 6.07) is 0.0819. The fourth-order valence-corrected chi connectivity index (χ4v) is 2.38. The van der Waals surface area contributed by atoms with Crippen LogP contribution in [0.25, 0.3) is 0 Å². The Hall–Kier alpha value is -1.60. The van der Waals surface area contributed by atoms with Crippen molar-refractivity contribution in [1.29, 1.82) is 0 Å². The van der Waals surface area contributed by atoms with Crippen molar-refractivity contribution in [2.45, 2.75) is 26.0 Å². The fourth-order valence-electron chi connectivity index (χ4n) is 2.38. The third-order valence-corrected chi connectivity index (χ3v) is 3.60. The fraction of sp³-hybridized carbons (Fsp3) is 0.714. The third-order valence-electron chi connectivity index (χ3n) is 3.60. The van der Waals surface area contributed by atoms with Crippen molar-refractivity contribution in [2.75, 3.05) is 39.8 Å². The van der Waals surface area contributed by atoms with E-state index in [1.165, 1.54) is 0 Å². The van der Waals surface area contributed by atoms with Crippen LogP contribution < -0.4 is 5.32 Å². The van der Waals surface area contributed by atoms with Gasteiger partial charge in [-0.1, -0.05) is 0 Å². The summed E-state index contributed by atoms with van der Waals surface area (Å²) in [5.74, 6) is 0.901. The summed E-state index contributed by atoms with van der Waals surface area (Å²) < 4.78 is 5.42. The second-order valence-electron chi connectivity index (χ2n) is 5.57. The van der Waals surface area contributed by atoms with Crippen molar-refractivity contribution >= 4 is 6.03 Å². The number of rotatable bonds is 5. The SMILES string of the molecule is CC(C)OCCNC(=O)N1CCN(C)[C@H](c2ncc[nH]2)C1. The number of hydrogen-bond donors (Lipinski definition) is 2. The monoisotopic (exact) mass is 295 g/mol. The molecule has 0 aromatic carbocycles. The molecule has 0 saturated carbocycles. The number of nitrogens with zero attached hydrogens (tertiary/aromatic N) is 3. The zero-order valence-electron chi connectivity index (χ0n) is 13.0. The van der Waals surface area contributed by atoms with Gasteiger partial charge in [0.2, 0.25) is 0 Å². The zero-order chi connectivity index (χ0) is 15.2. The smallest absolute Gasteiger partial charge is 0.317 e. The highest BCUT2D eigenvalue weighted by atomic mass is 16.5. The number of urea groups is 1. The van der Waals surface area contributed by atoms with Crippen LogP contribution in [0, 0.1) is 0 Å². The maximum atomic E-state index is 12.2. The van der Waals surface area contributed by atoms with E-state index >= 15 is 0 Å². The molecule has 2 rings (SSSR count). The summed E-state index contributed by atoms with van der Waals surface area (Å²) in [7, 11) is 2.05. The van der Waals surface area contributed by atoms with Gasteiger partial charge in [-0.3, -0.25) is 4.90 Å². The number of amides is 2. The van der Waals surface area contributed by atoms with Gasteiger partial charge in [0.25, 0.3) is 0 Å². The van der Waals surface area contributed by atoms with Crippen molar-refractivity contribution in [2.24, 2.45) is 0 Å². The minimum atomic E-state index is -0.0352. The first-order valence-corrected chi connectivity index (χ1v) is 7.42. The molecule has 7 nitrogen and oxygen atoms in total. The Morgan fingerprint density at radius 1 is 1.57 bits per heavy atom. The summed E-state index contributed by atoms with van der Waals surface area (Å²) in [6.45, 7) is 7.24. The molecular formula is C14H25N5O2. The number of imidazole rings is 1. The van der Waals surface area contributed by atoms with Gasteiger partial charge in [-0.15, -0.1) is 0 Å². The maximum Gasteiger partial charge on any atom is 0.317 e. The molecule has 0 radical (unpaired) electrons. The molecule has 0 bridgehead atoms. The molecule has 7 heteroatoms. The van der Waals surface area contributed by atoms with Crippen LogP contribution >= 0.6 is 0 Å². The van der Waals surface area contributed by atoms with Crippen LogP contribution in [0.1, 0.15) is 25.7 Å². The number of likely N-dealkylation sites (N-methyl/N-ethyl adjacent to an activating group) is 1. The van der Waals surface area contributed by atoms with Crippen molar-refractivity contribution in [3.63, 3.8) is 0 Å². The molecule has 2 amide bonds. The van der Waals surface area contributed by atoms with Gasteiger partial charge in [0.05, 0.1) is 18.8 Å². The van der Waals surface area contributed by atoms with E-state index in [2.05, 4.69) is 27.2 Å². The zero-order valence-corrected chi connectivity index (χ0v) is 13.0. The first kappa shape index (κ1) is 15.8. The van der Waals surface area contributed by atoms with E-state index in [0.717, 1.165) is 18.9 Å². The van der Waals surface area contributed by atoms with Crippen molar-refractivity contribution in [1.82, 2.24) is 25.1 Å². The van der Waals surface area contributed by atoms with Crippen LogP contribution in [-0.2, 0) is 4.74 Å². The molecule has 1 saturated heterocycles. The van der Waals surface area contributed by atoms with Crippen LogP contribution in [0.4, 0.5) is 4.79 Å². The molecule has 0 aliphatic carbocycles. The quantitative estimate of drug-likeness (QED) is 0.789. The molecule has 1 atom stereocenters. The normalized spacial score (nSPS) is 20.0. The summed E-state index contributed by atoms with van der Waals surface area (Å²) >= 11 is 0. The predicted octanol–water partition coefficient (Wildman–Crippen LogP) is 0.833. The number of ether oxygens (including phenoxy) is 1. The van der Waals surface area contributed by atoms with Gasteiger partial charge in [-0.2, -0.15) is 0 Å². The van der Waals surface area contributed by atoms with Gasteiger partial charge >= 0.3 is 6.03 Å². The highest BCUT2D eigenvalue weighted by Crippen LogP contribution is 2.20. The number of piperazine rings is 1. The van der Waals surface area contributed by atoms with E-state index < -0.39 is 0 Å². The lowest BCUT2D eigenvalue weighted by molar-refractivity contribution is 0.0773. The molecule has 2 N–H and O–H groups in total. The number of carbonyl (C=O) groups is 1. The minimum Gasteiger partial charge on any atom is -0.377 e. The van der Waals surface area contributed by atoms with E-state index in [0.29, 0.717) is 19.7 Å². The number of nitrogens with one attached hydrogen (secondary N) is 2. The van der Waals surface area contributed by atoms with Crippen LogP contribution in [0.5, 0.6) is 0 Å². The van der Waals surface area contributed by atoms with E-state index in [1.807, 2.05) is 24.9 Å². The summed E-state index contributed by atoms with van der Waals surface area (Å²) in [5.41, 5.74) is 0. The number of aromatic nitrogens is 2. The van der Waals surface area contributed by atoms with Crippen molar-refractivity contribution < 1.29 is 9.53 Å². The van der Waals surface area contributed by atoms with Crippen molar-refractivity contribution in [3.05, 3.63) is 18.2 Å². The molecule has 1 aliphatic rings. The predicted molar refractivity (Wildman–Crippen MR) is 80.0 cm³/mol. The number of hydrogen-bond acceptors (Lipinski definition) is 4. The molecule has 1 aromatic heterocycles. The van der Waals surface area contributed by atoms with Crippen LogP contribution in [0.2, 0.25) is 0 Å². The minimum absolute atomic E-state index is 0.0352. The maximum absolute atomic E-state index is 12.2. The lowest BCUT2D eigenvalue weighted by Crippen LogP contribution is -2.52. The lowest BCUT2D eigenvalue weighted by Gasteiger charge is -2.38. The third kappa shape index (κ3) is 4.44. The lowest BCUT2D eigenvalue weighted by atomic mass is 10.1. The van der Waals surface area contributed by atoms with E-state index in [4.69, 9.17) is 4.74 Å². The van der Waals surface area contributed by atoms with Crippen molar-refractivity contribution in [3.8, 4) is 0 Å². The summed E-state index contributed by atoms with van der Waals surface area (Å²) in [4.78, 5) is 23.7. The van der Waals surface area contributed by atoms with Gasteiger partial charge in [0.1, 0.15) is 5.82 Å². The Kier molecular flexibility index (Phi) is 5.58. The molecule has 1 aliphatic heterocycles. The Morgan fingerprint density at radius 2 is 2.38 bits per heavy atom. The van der Waals surface area contributed by atoms with Gasteiger partial charge in [-0.25, -0.2) is 9.78 Å². The van der Waals surface area contributed by atoms with Gasteiger partial charge < -0.3 is 19.9 Å². The molecule has 21 heavy (non-hydrogen) atoms. The Morgan fingerprint density at radius 3 is 3.05 bits per heavy atom. The van der Waals surface area contributed by atoms with E-state index in [-0.39, 0.29) is 18.2 Å². The summed E-state index contributed by atoms with van der Waals surface area (Å²) in [6.07, 6.45) is 3.74. The Balaban J connectivity index is 1.82. The van der Waals surface area contributed by atoms with Crippen LogP contribution in [-0.4, -0.2) is 71.7 Å². The average molecular weight is 295 g/mol. The van der Waals surface area contributed by atoms with E-state index in [1.54, 1.807) is 6.20 Å².